The van der Waals surface area contributed by atoms with Crippen LogP contribution in [0.2, 0.25) is 0 Å². The predicted octanol–water partition coefficient (Wildman–Crippen LogP) is 4.36. The summed E-state index contributed by atoms with van der Waals surface area (Å²) in [6, 6.07) is 24.8. The van der Waals surface area contributed by atoms with E-state index in [2.05, 4.69) is 0 Å². The van der Waals surface area contributed by atoms with E-state index < -0.39 is 10.1 Å². The van der Waals surface area contributed by atoms with E-state index in [0.29, 0.717) is 5.75 Å². The van der Waals surface area contributed by atoms with Crippen LogP contribution in [0.3, 0.4) is 0 Å². The summed E-state index contributed by atoms with van der Waals surface area (Å²) in [5.41, 5.74) is 3.31. The molecule has 116 valence electrons. The van der Waals surface area contributed by atoms with Crippen LogP contribution in [-0.4, -0.2) is 14.7 Å². The van der Waals surface area contributed by atoms with Gasteiger partial charge in [-0.15, -0.1) is 0 Å². The first-order chi connectivity index (χ1) is 11.0. The molecule has 0 saturated heterocycles. The Hall–Kier alpha value is -2.59. The molecule has 3 aromatic rings. The highest BCUT2D eigenvalue weighted by Gasteiger charge is 2.17. The fourth-order valence-corrected chi connectivity index (χ4v) is 2.95. The highest BCUT2D eigenvalue weighted by atomic mass is 32.2. The highest BCUT2D eigenvalue weighted by Crippen LogP contribution is 2.39. The Kier molecular flexibility index (Phi) is 4.17. The average molecular weight is 324 g/mol. The van der Waals surface area contributed by atoms with Crippen LogP contribution in [0.15, 0.2) is 78.9 Å². The van der Waals surface area contributed by atoms with Crippen molar-refractivity contribution >= 4 is 10.1 Å². The molecule has 0 unspecified atom stereocenters. The van der Waals surface area contributed by atoms with E-state index in [1.54, 1.807) is 0 Å². The summed E-state index contributed by atoms with van der Waals surface area (Å²) in [7, 11) is -3.64. The maximum atomic E-state index is 11.7. The molecule has 0 saturated carbocycles. The van der Waals surface area contributed by atoms with Crippen molar-refractivity contribution in [3.8, 4) is 28.0 Å². The number of hydrogen-bond acceptors (Lipinski definition) is 3. The van der Waals surface area contributed by atoms with Gasteiger partial charge in [-0.1, -0.05) is 78.9 Å². The zero-order valence-electron chi connectivity index (χ0n) is 12.6. The van der Waals surface area contributed by atoms with Crippen molar-refractivity contribution in [1.82, 2.24) is 0 Å². The lowest BCUT2D eigenvalue weighted by molar-refractivity contribution is 0.494. The molecule has 0 N–H and O–H groups in total. The first-order valence-corrected chi connectivity index (χ1v) is 8.99. The Morgan fingerprint density at radius 2 is 1.09 bits per heavy atom. The first-order valence-electron chi connectivity index (χ1n) is 7.18. The van der Waals surface area contributed by atoms with Crippen molar-refractivity contribution in [2.75, 3.05) is 6.26 Å². The molecule has 0 aliphatic rings. The van der Waals surface area contributed by atoms with Gasteiger partial charge in [-0.3, -0.25) is 0 Å². The second-order valence-electron chi connectivity index (χ2n) is 5.20. The number of rotatable bonds is 4. The number of hydrogen-bond donors (Lipinski definition) is 0. The molecule has 3 nitrogen and oxygen atoms in total. The van der Waals surface area contributed by atoms with Crippen LogP contribution >= 0.6 is 0 Å². The Morgan fingerprint density at radius 3 is 1.48 bits per heavy atom. The van der Waals surface area contributed by atoms with Crippen LogP contribution in [0.4, 0.5) is 0 Å². The lowest BCUT2D eigenvalue weighted by Gasteiger charge is -2.15. The van der Waals surface area contributed by atoms with Crippen LogP contribution in [0, 0.1) is 0 Å². The van der Waals surface area contributed by atoms with E-state index in [0.717, 1.165) is 28.5 Å². The zero-order chi connectivity index (χ0) is 16.3. The van der Waals surface area contributed by atoms with E-state index in [9.17, 15) is 8.42 Å². The minimum absolute atomic E-state index is 0.354. The Balaban J connectivity index is 2.25. The molecule has 0 heterocycles. The third-order valence-corrected chi connectivity index (χ3v) is 3.89. The summed E-state index contributed by atoms with van der Waals surface area (Å²) >= 11 is 0. The molecule has 4 heteroatoms. The zero-order valence-corrected chi connectivity index (χ0v) is 13.5. The van der Waals surface area contributed by atoms with E-state index in [1.807, 2.05) is 78.9 Å². The number of benzene rings is 3. The van der Waals surface area contributed by atoms with Gasteiger partial charge in [0.05, 0.1) is 6.26 Å². The fourth-order valence-electron chi connectivity index (χ4n) is 2.47. The van der Waals surface area contributed by atoms with Gasteiger partial charge in [0, 0.05) is 11.1 Å². The number of para-hydroxylation sites is 1. The van der Waals surface area contributed by atoms with Gasteiger partial charge in [-0.2, -0.15) is 8.42 Å². The Bertz CT molecular complexity index is 844. The lowest BCUT2D eigenvalue weighted by Crippen LogP contribution is -2.07. The van der Waals surface area contributed by atoms with E-state index in [4.69, 9.17) is 4.18 Å². The molecule has 0 bridgehead atoms. The SMILES string of the molecule is CS(=O)(=O)Oc1c(-c2ccccc2)cccc1-c1ccccc1. The molecule has 0 atom stereocenters. The van der Waals surface area contributed by atoms with Gasteiger partial charge < -0.3 is 4.18 Å². The van der Waals surface area contributed by atoms with E-state index in [-0.39, 0.29) is 0 Å². The van der Waals surface area contributed by atoms with Gasteiger partial charge in [-0.25, -0.2) is 0 Å². The first kappa shape index (κ1) is 15.3. The molecular weight excluding hydrogens is 308 g/mol. The second-order valence-corrected chi connectivity index (χ2v) is 6.78. The molecule has 0 radical (unpaired) electrons. The maximum Gasteiger partial charge on any atom is 0.306 e. The van der Waals surface area contributed by atoms with Crippen LogP contribution in [0.1, 0.15) is 0 Å². The molecule has 0 aliphatic heterocycles. The molecule has 0 fully saturated rings. The van der Waals surface area contributed by atoms with Gasteiger partial charge in [0.1, 0.15) is 0 Å². The predicted molar refractivity (Wildman–Crippen MR) is 92.8 cm³/mol. The summed E-state index contributed by atoms with van der Waals surface area (Å²) in [6.07, 6.45) is 1.06. The van der Waals surface area contributed by atoms with E-state index >= 15 is 0 Å². The van der Waals surface area contributed by atoms with Crippen molar-refractivity contribution in [2.24, 2.45) is 0 Å². The topological polar surface area (TPSA) is 43.4 Å². The Labute approximate surface area is 136 Å². The van der Waals surface area contributed by atoms with E-state index in [1.165, 1.54) is 0 Å². The highest BCUT2D eigenvalue weighted by molar-refractivity contribution is 7.86. The normalized spacial score (nSPS) is 11.2. The van der Waals surface area contributed by atoms with Gasteiger partial charge in [0.2, 0.25) is 0 Å². The smallest absolute Gasteiger partial charge is 0.306 e. The van der Waals surface area contributed by atoms with Crippen molar-refractivity contribution in [3.05, 3.63) is 78.9 Å². The van der Waals surface area contributed by atoms with Crippen LogP contribution < -0.4 is 4.18 Å². The van der Waals surface area contributed by atoms with Crippen molar-refractivity contribution in [2.45, 2.75) is 0 Å². The summed E-state index contributed by atoms with van der Waals surface area (Å²) in [4.78, 5) is 0. The average Bonchev–Trinajstić information content (AvgIpc) is 2.55. The van der Waals surface area contributed by atoms with Gasteiger partial charge in [0.15, 0.2) is 5.75 Å². The lowest BCUT2D eigenvalue weighted by atomic mass is 9.97. The summed E-state index contributed by atoms with van der Waals surface area (Å²) in [5, 5.41) is 0. The minimum atomic E-state index is -3.64. The molecule has 23 heavy (non-hydrogen) atoms. The third-order valence-electron chi connectivity index (χ3n) is 3.42. The molecular formula is C19H16O3S. The molecule has 3 rings (SSSR count). The van der Waals surface area contributed by atoms with Crippen LogP contribution in [0.5, 0.6) is 5.75 Å². The van der Waals surface area contributed by atoms with Crippen molar-refractivity contribution in [3.63, 3.8) is 0 Å². The molecule has 0 aromatic heterocycles. The molecule has 0 aliphatic carbocycles. The molecule has 0 amide bonds. The summed E-state index contributed by atoms with van der Waals surface area (Å²) in [6.45, 7) is 0. The maximum absolute atomic E-state index is 11.7. The molecule has 0 spiro atoms. The quantitative estimate of drug-likeness (QED) is 0.670. The van der Waals surface area contributed by atoms with Gasteiger partial charge in [0.25, 0.3) is 0 Å². The van der Waals surface area contributed by atoms with Gasteiger partial charge in [-0.05, 0) is 11.1 Å². The van der Waals surface area contributed by atoms with Crippen molar-refractivity contribution in [1.29, 1.82) is 0 Å². The third kappa shape index (κ3) is 3.60. The standard InChI is InChI=1S/C19H16O3S/c1-23(20,21)22-19-17(15-9-4-2-5-10-15)13-8-14-18(19)16-11-6-3-7-12-16/h2-14H,1H3. The monoisotopic (exact) mass is 324 g/mol. The summed E-state index contributed by atoms with van der Waals surface area (Å²) in [5.74, 6) is 0.354. The molecule has 3 aromatic carbocycles. The van der Waals surface area contributed by atoms with Crippen LogP contribution in [0.25, 0.3) is 22.3 Å². The van der Waals surface area contributed by atoms with Crippen molar-refractivity contribution < 1.29 is 12.6 Å². The Morgan fingerprint density at radius 1 is 0.652 bits per heavy atom. The second kappa shape index (κ2) is 6.26. The minimum Gasteiger partial charge on any atom is -0.381 e. The van der Waals surface area contributed by atoms with Crippen LogP contribution in [-0.2, 0) is 10.1 Å². The largest absolute Gasteiger partial charge is 0.381 e. The summed E-state index contributed by atoms with van der Waals surface area (Å²) < 4.78 is 28.8. The fraction of sp³-hybridized carbons (Fsp3) is 0.0526. The van der Waals surface area contributed by atoms with Gasteiger partial charge >= 0.3 is 10.1 Å².